The van der Waals surface area contributed by atoms with Crippen LogP contribution >= 0.6 is 23.2 Å². The third-order valence-corrected chi connectivity index (χ3v) is 8.87. The second kappa shape index (κ2) is 6.40. The highest BCUT2D eigenvalue weighted by molar-refractivity contribution is 6.36. The van der Waals surface area contributed by atoms with Crippen molar-refractivity contribution in [2.24, 2.45) is 5.92 Å². The number of phenolic OH excluding ortho intramolecular Hbond substituents is 1. The number of benzene rings is 2. The van der Waals surface area contributed by atoms with Crippen LogP contribution in [0.15, 0.2) is 42.6 Å². The monoisotopic (exact) mass is 464 g/mol. The van der Waals surface area contributed by atoms with E-state index in [9.17, 15) is 5.11 Å². The highest BCUT2D eigenvalue weighted by atomic mass is 35.5. The summed E-state index contributed by atoms with van der Waals surface area (Å²) in [6, 6.07) is 12.1. The number of rotatable bonds is 1. The van der Waals surface area contributed by atoms with Gasteiger partial charge in [-0.3, -0.25) is 4.98 Å². The maximum atomic E-state index is 10.7. The first-order chi connectivity index (χ1) is 15.5. The summed E-state index contributed by atoms with van der Waals surface area (Å²) in [6.45, 7) is 1.03. The SMILES string of the molecule is CN1CC[C@]23c4c5ccc(O)c4O[C@H]2c2ncc(-c4ccc(Cl)cc4Cl)cc2C[C@H]3[C@H]1C5. The Bertz CT molecular complexity index is 1310. The second-order valence-corrected chi connectivity index (χ2v) is 10.5. The molecule has 3 aromatic rings. The van der Waals surface area contributed by atoms with Crippen molar-refractivity contribution in [3.05, 3.63) is 75.0 Å². The molecular weight excluding hydrogens is 443 g/mol. The van der Waals surface area contributed by atoms with E-state index in [0.717, 1.165) is 42.6 Å². The average Bonchev–Trinajstić information content (AvgIpc) is 3.12. The maximum absolute atomic E-state index is 10.7. The van der Waals surface area contributed by atoms with Gasteiger partial charge in [0.1, 0.15) is 0 Å². The first-order valence-electron chi connectivity index (χ1n) is 11.1. The lowest BCUT2D eigenvalue weighted by molar-refractivity contribution is -0.0260. The Morgan fingerprint density at radius 3 is 2.84 bits per heavy atom. The van der Waals surface area contributed by atoms with E-state index in [1.54, 1.807) is 12.1 Å². The van der Waals surface area contributed by atoms with Crippen LogP contribution in [-0.4, -0.2) is 34.6 Å². The number of piperidine rings is 1. The van der Waals surface area contributed by atoms with Crippen LogP contribution in [0.2, 0.25) is 10.0 Å². The maximum Gasteiger partial charge on any atom is 0.166 e. The van der Waals surface area contributed by atoms with Gasteiger partial charge in [-0.15, -0.1) is 0 Å². The molecule has 4 aliphatic rings. The molecule has 0 amide bonds. The number of hydrogen-bond donors (Lipinski definition) is 1. The number of halogens is 2. The Balaban J connectivity index is 1.43. The van der Waals surface area contributed by atoms with E-state index in [0.29, 0.717) is 27.8 Å². The summed E-state index contributed by atoms with van der Waals surface area (Å²) in [5, 5.41) is 11.9. The number of nitrogens with zero attached hydrogens (tertiary/aromatic N) is 2. The molecule has 4 atom stereocenters. The van der Waals surface area contributed by atoms with Gasteiger partial charge in [0.2, 0.25) is 0 Å². The van der Waals surface area contributed by atoms with E-state index in [4.69, 9.17) is 32.9 Å². The molecule has 0 saturated carbocycles. The molecule has 0 unspecified atom stereocenters. The molecule has 4 nitrogen and oxygen atoms in total. The van der Waals surface area contributed by atoms with Crippen molar-refractivity contribution in [1.29, 1.82) is 0 Å². The molecule has 2 aliphatic heterocycles. The fourth-order valence-corrected chi connectivity index (χ4v) is 7.45. The number of pyridine rings is 1. The van der Waals surface area contributed by atoms with Crippen molar-refractivity contribution in [1.82, 2.24) is 9.88 Å². The standard InChI is InChI=1S/C26H22Cl2N2O2/c1-30-7-6-26-18-9-14-8-15(17-4-3-16(27)11-19(17)28)12-29-23(14)25(26)32-24-21(31)5-2-13(22(24)26)10-20(18)30/h2-5,8,11-12,18,20,25,31H,6-7,9-10H2,1H3/t18-,20+,25-,26-/m0/s1. The van der Waals surface area contributed by atoms with Crippen LogP contribution in [0.1, 0.15) is 34.9 Å². The quantitative estimate of drug-likeness (QED) is 0.511. The fraction of sp³-hybridized carbons (Fsp3) is 0.346. The van der Waals surface area contributed by atoms with Crippen LogP contribution < -0.4 is 4.74 Å². The van der Waals surface area contributed by atoms with Gasteiger partial charge in [0.15, 0.2) is 17.6 Å². The van der Waals surface area contributed by atoms with Crippen LogP contribution in [0, 0.1) is 5.92 Å². The zero-order valence-corrected chi connectivity index (χ0v) is 19.1. The molecule has 2 bridgehead atoms. The summed E-state index contributed by atoms with van der Waals surface area (Å²) in [5.41, 5.74) is 6.60. The normalized spacial score (nSPS) is 29.3. The van der Waals surface area contributed by atoms with Crippen LogP contribution in [0.25, 0.3) is 11.1 Å². The lowest BCUT2D eigenvalue weighted by Gasteiger charge is -2.57. The summed E-state index contributed by atoms with van der Waals surface area (Å²) in [5.74, 6) is 1.35. The van der Waals surface area contributed by atoms with Gasteiger partial charge in [-0.2, -0.15) is 0 Å². The van der Waals surface area contributed by atoms with Crippen LogP contribution in [-0.2, 0) is 18.3 Å². The van der Waals surface area contributed by atoms with Gasteiger partial charge < -0.3 is 14.7 Å². The third-order valence-electron chi connectivity index (χ3n) is 8.32. The topological polar surface area (TPSA) is 45.6 Å². The first-order valence-corrected chi connectivity index (χ1v) is 11.9. The van der Waals surface area contributed by atoms with E-state index in [1.165, 1.54) is 16.7 Å². The molecule has 1 spiro atoms. The van der Waals surface area contributed by atoms with E-state index in [2.05, 4.69) is 24.1 Å². The predicted octanol–water partition coefficient (Wildman–Crippen LogP) is 5.57. The van der Waals surface area contributed by atoms with E-state index >= 15 is 0 Å². The van der Waals surface area contributed by atoms with Gasteiger partial charge in [-0.1, -0.05) is 35.3 Å². The summed E-state index contributed by atoms with van der Waals surface area (Å²) < 4.78 is 6.58. The number of aromatic nitrogens is 1. The second-order valence-electron chi connectivity index (χ2n) is 9.69. The van der Waals surface area contributed by atoms with E-state index < -0.39 is 0 Å². The number of aromatic hydroxyl groups is 1. The summed E-state index contributed by atoms with van der Waals surface area (Å²) >= 11 is 12.6. The number of likely N-dealkylation sites (N-methyl/N-ethyl adjacent to an activating group) is 1. The summed E-state index contributed by atoms with van der Waals surface area (Å²) in [7, 11) is 2.24. The number of hydrogen-bond acceptors (Lipinski definition) is 4. The smallest absolute Gasteiger partial charge is 0.166 e. The highest BCUT2D eigenvalue weighted by Crippen LogP contribution is 2.66. The van der Waals surface area contributed by atoms with Gasteiger partial charge >= 0.3 is 0 Å². The minimum Gasteiger partial charge on any atom is -0.504 e. The zero-order chi connectivity index (χ0) is 21.8. The minimum absolute atomic E-state index is 0.113. The molecule has 2 aliphatic carbocycles. The number of phenols is 1. The van der Waals surface area contributed by atoms with Crippen molar-refractivity contribution in [3.8, 4) is 22.6 Å². The van der Waals surface area contributed by atoms with Gasteiger partial charge in [0, 0.05) is 44.4 Å². The minimum atomic E-state index is -0.162. The largest absolute Gasteiger partial charge is 0.504 e. The van der Waals surface area contributed by atoms with Gasteiger partial charge in [-0.05, 0) is 74.2 Å². The Hall–Kier alpha value is -2.27. The van der Waals surface area contributed by atoms with Gasteiger partial charge in [0.05, 0.1) is 5.69 Å². The fourth-order valence-electron chi connectivity index (χ4n) is 6.93. The van der Waals surface area contributed by atoms with E-state index in [-0.39, 0.29) is 17.3 Å². The van der Waals surface area contributed by atoms with Crippen molar-refractivity contribution < 1.29 is 9.84 Å². The molecular formula is C26H22Cl2N2O2. The summed E-state index contributed by atoms with van der Waals surface area (Å²) in [4.78, 5) is 7.47. The van der Waals surface area contributed by atoms with Gasteiger partial charge in [-0.25, -0.2) is 0 Å². The van der Waals surface area contributed by atoms with Crippen molar-refractivity contribution in [2.45, 2.75) is 36.8 Å². The highest BCUT2D eigenvalue weighted by Gasteiger charge is 2.64. The Morgan fingerprint density at radius 1 is 1.12 bits per heavy atom. The van der Waals surface area contributed by atoms with Crippen LogP contribution in [0.4, 0.5) is 0 Å². The van der Waals surface area contributed by atoms with Crippen LogP contribution in [0.3, 0.4) is 0 Å². The number of likely N-dealkylation sites (tertiary alicyclic amines) is 1. The van der Waals surface area contributed by atoms with Crippen molar-refractivity contribution in [2.75, 3.05) is 13.6 Å². The molecule has 162 valence electrons. The van der Waals surface area contributed by atoms with Crippen molar-refractivity contribution in [3.63, 3.8) is 0 Å². The molecule has 0 radical (unpaired) electrons. The number of ether oxygens (including phenoxy) is 1. The Morgan fingerprint density at radius 2 is 2.00 bits per heavy atom. The molecule has 3 heterocycles. The molecule has 1 aromatic heterocycles. The van der Waals surface area contributed by atoms with Crippen LogP contribution in [0.5, 0.6) is 11.5 Å². The lowest BCUT2D eigenvalue weighted by Crippen LogP contribution is -2.62. The average molecular weight is 465 g/mol. The Labute approximate surface area is 196 Å². The lowest BCUT2D eigenvalue weighted by atomic mass is 9.51. The predicted molar refractivity (Wildman–Crippen MR) is 125 cm³/mol. The number of fused-ring (bicyclic) bond motifs is 2. The molecule has 2 aromatic carbocycles. The third kappa shape index (κ3) is 2.30. The first kappa shape index (κ1) is 19.2. The van der Waals surface area contributed by atoms with Crippen molar-refractivity contribution >= 4 is 23.2 Å². The van der Waals surface area contributed by atoms with Gasteiger partial charge in [0.25, 0.3) is 0 Å². The summed E-state index contributed by atoms with van der Waals surface area (Å²) in [6.07, 6.45) is 4.69. The zero-order valence-electron chi connectivity index (χ0n) is 17.6. The molecule has 32 heavy (non-hydrogen) atoms. The molecule has 6 heteroatoms. The Kier molecular flexibility index (Phi) is 3.85. The molecule has 7 rings (SSSR count). The molecule has 1 N–H and O–H groups in total. The molecule has 1 saturated heterocycles. The van der Waals surface area contributed by atoms with E-state index in [1.807, 2.05) is 18.3 Å². The molecule has 1 fully saturated rings.